The Bertz CT molecular complexity index is 900. The van der Waals surface area contributed by atoms with E-state index in [1.54, 1.807) is 24.5 Å². The van der Waals surface area contributed by atoms with Gasteiger partial charge in [0.25, 0.3) is 5.91 Å². The van der Waals surface area contributed by atoms with E-state index in [2.05, 4.69) is 15.3 Å². The van der Waals surface area contributed by atoms with Crippen LogP contribution in [0.15, 0.2) is 48.8 Å². The van der Waals surface area contributed by atoms with Crippen LogP contribution in [0.1, 0.15) is 33.9 Å². The second-order valence-corrected chi connectivity index (χ2v) is 5.85. The number of nitrogens with zero attached hydrogens (tertiary/aromatic N) is 1. The number of rotatable bonds is 5. The number of nitrogens with one attached hydrogen (secondary N) is 2. The number of aryl methyl sites for hydroxylation is 1. The Hall–Kier alpha value is -3.15. The largest absolute Gasteiger partial charge is 0.469 e. The minimum atomic E-state index is -0.460. The molecule has 0 saturated carbocycles. The first-order valence-corrected chi connectivity index (χ1v) is 7.94. The highest BCUT2D eigenvalue weighted by Crippen LogP contribution is 2.20. The quantitative estimate of drug-likeness (QED) is 0.701. The van der Waals surface area contributed by atoms with Gasteiger partial charge in [-0.1, -0.05) is 29.8 Å². The fourth-order valence-electron chi connectivity index (χ4n) is 2.62. The summed E-state index contributed by atoms with van der Waals surface area (Å²) in [6.07, 6.45) is 1.65. The van der Waals surface area contributed by atoms with Gasteiger partial charge >= 0.3 is 5.97 Å². The molecule has 1 aromatic heterocycles. The number of aromatic amines is 1. The van der Waals surface area contributed by atoms with Gasteiger partial charge in [0.1, 0.15) is 0 Å². The highest BCUT2D eigenvalue weighted by molar-refractivity contribution is 5.97. The van der Waals surface area contributed by atoms with Gasteiger partial charge in [0.15, 0.2) is 0 Å². The van der Waals surface area contributed by atoms with E-state index < -0.39 is 6.04 Å². The molecule has 0 aliphatic rings. The Morgan fingerprint density at radius 1 is 1.20 bits per heavy atom. The third-order valence-corrected chi connectivity index (χ3v) is 4.07. The van der Waals surface area contributed by atoms with E-state index in [1.165, 1.54) is 7.11 Å². The Balaban J connectivity index is 1.83. The summed E-state index contributed by atoms with van der Waals surface area (Å²) in [4.78, 5) is 31.5. The maximum atomic E-state index is 12.6. The predicted octanol–water partition coefficient (Wildman–Crippen LogP) is 2.91. The van der Waals surface area contributed by atoms with Crippen LogP contribution < -0.4 is 5.32 Å². The van der Waals surface area contributed by atoms with Crippen LogP contribution in [0, 0.1) is 6.92 Å². The zero-order valence-corrected chi connectivity index (χ0v) is 14.1. The number of hydrogen-bond donors (Lipinski definition) is 2. The van der Waals surface area contributed by atoms with E-state index in [-0.39, 0.29) is 18.3 Å². The minimum absolute atomic E-state index is 0.0671. The van der Waals surface area contributed by atoms with Crippen molar-refractivity contribution in [3.05, 3.63) is 65.5 Å². The number of esters is 1. The number of ether oxygens (including phenoxy) is 1. The molecule has 3 rings (SSSR count). The van der Waals surface area contributed by atoms with Crippen LogP contribution in [0.25, 0.3) is 11.0 Å². The van der Waals surface area contributed by atoms with Crippen molar-refractivity contribution >= 4 is 22.9 Å². The molecule has 1 amide bonds. The molecule has 0 aliphatic carbocycles. The Morgan fingerprint density at radius 2 is 1.96 bits per heavy atom. The molecule has 3 aromatic rings. The summed E-state index contributed by atoms with van der Waals surface area (Å²) in [6.45, 7) is 1.98. The Morgan fingerprint density at radius 3 is 2.68 bits per heavy atom. The summed E-state index contributed by atoms with van der Waals surface area (Å²) in [7, 11) is 1.34. The molecule has 0 radical (unpaired) electrons. The van der Waals surface area contributed by atoms with Crippen LogP contribution >= 0.6 is 0 Å². The van der Waals surface area contributed by atoms with Crippen molar-refractivity contribution in [2.45, 2.75) is 19.4 Å². The molecule has 0 fully saturated rings. The lowest BCUT2D eigenvalue weighted by molar-refractivity contribution is -0.141. The number of carbonyl (C=O) groups excluding carboxylic acids is 2. The molecule has 2 N–H and O–H groups in total. The standard InChI is InChI=1S/C19H19N3O3/c1-12-3-5-13(6-4-12)16(10-18(23)25-2)22-19(24)14-7-8-15-17(9-14)21-11-20-15/h3-9,11,16H,10H2,1-2H3,(H,20,21)(H,22,24). The van der Waals surface area contributed by atoms with Crippen molar-refractivity contribution in [1.29, 1.82) is 0 Å². The lowest BCUT2D eigenvalue weighted by Crippen LogP contribution is -2.30. The van der Waals surface area contributed by atoms with Gasteiger partial charge in [-0.25, -0.2) is 4.98 Å². The highest BCUT2D eigenvalue weighted by atomic mass is 16.5. The van der Waals surface area contributed by atoms with Crippen LogP contribution in [-0.4, -0.2) is 29.0 Å². The van der Waals surface area contributed by atoms with Crippen LogP contribution in [0.4, 0.5) is 0 Å². The maximum absolute atomic E-state index is 12.6. The van der Waals surface area contributed by atoms with Crippen molar-refractivity contribution in [2.24, 2.45) is 0 Å². The molecule has 0 spiro atoms. The smallest absolute Gasteiger partial charge is 0.307 e. The van der Waals surface area contributed by atoms with E-state index in [0.717, 1.165) is 22.2 Å². The monoisotopic (exact) mass is 337 g/mol. The summed E-state index contributed by atoms with van der Waals surface area (Å²) >= 11 is 0. The molecular weight excluding hydrogens is 318 g/mol. The molecule has 6 nitrogen and oxygen atoms in total. The van der Waals surface area contributed by atoms with Crippen molar-refractivity contribution in [1.82, 2.24) is 15.3 Å². The van der Waals surface area contributed by atoms with Gasteiger partial charge in [-0.05, 0) is 30.7 Å². The second kappa shape index (κ2) is 7.17. The van der Waals surface area contributed by atoms with Crippen LogP contribution in [0.2, 0.25) is 0 Å². The number of benzene rings is 2. The third-order valence-electron chi connectivity index (χ3n) is 4.07. The topological polar surface area (TPSA) is 84.1 Å². The number of amides is 1. The molecule has 1 unspecified atom stereocenters. The maximum Gasteiger partial charge on any atom is 0.307 e. The molecule has 0 aliphatic heterocycles. The molecular formula is C19H19N3O3. The molecule has 128 valence electrons. The number of hydrogen-bond acceptors (Lipinski definition) is 4. The van der Waals surface area contributed by atoms with Gasteiger partial charge < -0.3 is 15.0 Å². The lowest BCUT2D eigenvalue weighted by atomic mass is 10.0. The van der Waals surface area contributed by atoms with E-state index in [1.807, 2.05) is 31.2 Å². The fraction of sp³-hybridized carbons (Fsp3) is 0.211. The molecule has 25 heavy (non-hydrogen) atoms. The normalized spacial score (nSPS) is 11.9. The van der Waals surface area contributed by atoms with E-state index in [4.69, 9.17) is 4.74 Å². The summed E-state index contributed by atoms with van der Waals surface area (Å²) in [5.74, 6) is -0.638. The number of methoxy groups -OCH3 is 1. The van der Waals surface area contributed by atoms with Gasteiger partial charge in [-0.2, -0.15) is 0 Å². The molecule has 1 heterocycles. The summed E-state index contributed by atoms with van der Waals surface area (Å²) in [6, 6.07) is 12.5. The number of imidazole rings is 1. The van der Waals surface area contributed by atoms with Crippen LogP contribution in [0.5, 0.6) is 0 Å². The number of carbonyl (C=O) groups is 2. The average molecular weight is 337 g/mol. The Labute approximate surface area is 145 Å². The van der Waals surface area contributed by atoms with Gasteiger partial charge in [-0.3, -0.25) is 9.59 Å². The molecule has 2 aromatic carbocycles. The average Bonchev–Trinajstić information content (AvgIpc) is 3.09. The van der Waals surface area contributed by atoms with E-state index >= 15 is 0 Å². The number of fused-ring (bicyclic) bond motifs is 1. The van der Waals surface area contributed by atoms with Crippen LogP contribution in [0.3, 0.4) is 0 Å². The fourth-order valence-corrected chi connectivity index (χ4v) is 2.62. The summed E-state index contributed by atoms with van der Waals surface area (Å²) in [5.41, 5.74) is 4.04. The van der Waals surface area contributed by atoms with Crippen molar-refractivity contribution in [3.8, 4) is 0 Å². The SMILES string of the molecule is COC(=O)CC(NC(=O)c1ccc2nc[nH]c2c1)c1ccc(C)cc1. The van der Waals surface area contributed by atoms with Gasteiger partial charge in [0.05, 0.1) is 36.9 Å². The van der Waals surface area contributed by atoms with Gasteiger partial charge in [-0.15, -0.1) is 0 Å². The second-order valence-electron chi connectivity index (χ2n) is 5.85. The molecule has 6 heteroatoms. The van der Waals surface area contributed by atoms with E-state index in [9.17, 15) is 9.59 Å². The van der Waals surface area contributed by atoms with Crippen molar-refractivity contribution < 1.29 is 14.3 Å². The zero-order chi connectivity index (χ0) is 17.8. The van der Waals surface area contributed by atoms with E-state index in [0.29, 0.717) is 5.56 Å². The van der Waals surface area contributed by atoms with Gasteiger partial charge in [0, 0.05) is 5.56 Å². The highest BCUT2D eigenvalue weighted by Gasteiger charge is 2.20. The van der Waals surface area contributed by atoms with Gasteiger partial charge in [0.2, 0.25) is 0 Å². The van der Waals surface area contributed by atoms with Crippen molar-refractivity contribution in [2.75, 3.05) is 7.11 Å². The van der Waals surface area contributed by atoms with Crippen LogP contribution in [-0.2, 0) is 9.53 Å². The first-order valence-electron chi connectivity index (χ1n) is 7.94. The number of aromatic nitrogens is 2. The van der Waals surface area contributed by atoms with Crippen molar-refractivity contribution in [3.63, 3.8) is 0 Å². The summed E-state index contributed by atoms with van der Waals surface area (Å²) in [5, 5.41) is 2.92. The first-order chi connectivity index (χ1) is 12.1. The number of H-pyrrole nitrogens is 1. The molecule has 0 bridgehead atoms. The Kier molecular flexibility index (Phi) is 4.79. The first kappa shape index (κ1) is 16.7. The predicted molar refractivity (Wildman–Crippen MR) is 94.1 cm³/mol. The molecule has 1 atom stereocenters. The zero-order valence-electron chi connectivity index (χ0n) is 14.1. The molecule has 0 saturated heterocycles. The summed E-state index contributed by atoms with van der Waals surface area (Å²) < 4.78 is 4.76. The minimum Gasteiger partial charge on any atom is -0.469 e. The lowest BCUT2D eigenvalue weighted by Gasteiger charge is -2.18. The third kappa shape index (κ3) is 3.85.